The Morgan fingerprint density at radius 2 is 1.82 bits per heavy atom. The van der Waals surface area contributed by atoms with Crippen LogP contribution in [0.25, 0.3) is 0 Å². The lowest BCUT2D eigenvalue weighted by atomic mass is 9.83. The molecule has 0 heterocycles. The number of rotatable bonds is 7. The van der Waals surface area contributed by atoms with E-state index in [0.29, 0.717) is 12.0 Å². The highest BCUT2D eigenvalue weighted by molar-refractivity contribution is 4.81. The smallest absolute Gasteiger partial charge is 0.251 e. The van der Waals surface area contributed by atoms with E-state index in [9.17, 15) is 8.78 Å². The van der Waals surface area contributed by atoms with Gasteiger partial charge in [0.2, 0.25) is 0 Å². The first-order valence-electron chi connectivity index (χ1n) is 6.83. The normalized spacial score (nSPS) is 20.1. The second-order valence-corrected chi connectivity index (χ2v) is 5.17. The van der Waals surface area contributed by atoms with E-state index in [2.05, 4.69) is 12.2 Å². The van der Waals surface area contributed by atoms with Gasteiger partial charge >= 0.3 is 0 Å². The number of nitrogens with zero attached hydrogens (tertiary/aromatic N) is 1. The molecule has 0 aromatic carbocycles. The summed E-state index contributed by atoms with van der Waals surface area (Å²) in [5.41, 5.74) is 0. The highest BCUT2D eigenvalue weighted by atomic mass is 19.3. The van der Waals surface area contributed by atoms with Crippen molar-refractivity contribution in [3.05, 3.63) is 0 Å². The van der Waals surface area contributed by atoms with E-state index >= 15 is 0 Å². The van der Waals surface area contributed by atoms with Crippen LogP contribution in [-0.4, -0.2) is 44.0 Å². The van der Waals surface area contributed by atoms with Gasteiger partial charge in [-0.1, -0.05) is 26.2 Å². The summed E-state index contributed by atoms with van der Waals surface area (Å²) in [6, 6.07) is 0.379. The average Bonchev–Trinajstić information content (AvgIpc) is 2.28. The Hall–Kier alpha value is -0.220. The predicted molar refractivity (Wildman–Crippen MR) is 67.5 cm³/mol. The first kappa shape index (κ1) is 14.8. The van der Waals surface area contributed by atoms with E-state index < -0.39 is 6.43 Å². The molecule has 1 N–H and O–H groups in total. The van der Waals surface area contributed by atoms with Crippen molar-refractivity contribution < 1.29 is 8.78 Å². The Balaban J connectivity index is 2.40. The third-order valence-corrected chi connectivity index (χ3v) is 3.64. The van der Waals surface area contributed by atoms with Crippen LogP contribution < -0.4 is 5.32 Å². The number of alkyl halides is 2. The Bertz CT molecular complexity index is 194. The minimum absolute atomic E-state index is 0.116. The summed E-state index contributed by atoms with van der Waals surface area (Å²) in [6.45, 7) is 3.63. The molecule has 0 bridgehead atoms. The van der Waals surface area contributed by atoms with Crippen LogP contribution in [0.5, 0.6) is 0 Å². The summed E-state index contributed by atoms with van der Waals surface area (Å²) < 4.78 is 24.6. The molecule has 1 atom stereocenters. The summed E-state index contributed by atoms with van der Waals surface area (Å²) in [5, 5.41) is 3.47. The van der Waals surface area contributed by atoms with Gasteiger partial charge in [-0.25, -0.2) is 8.78 Å². The molecular weight excluding hydrogens is 222 g/mol. The van der Waals surface area contributed by atoms with Gasteiger partial charge in [0.15, 0.2) is 0 Å². The Morgan fingerprint density at radius 3 is 2.35 bits per heavy atom. The van der Waals surface area contributed by atoms with Gasteiger partial charge in [-0.3, -0.25) is 4.90 Å². The van der Waals surface area contributed by atoms with E-state index in [-0.39, 0.29) is 6.54 Å². The highest BCUT2D eigenvalue weighted by Gasteiger charge is 2.24. The second kappa shape index (κ2) is 7.98. The van der Waals surface area contributed by atoms with Crippen molar-refractivity contribution in [2.45, 2.75) is 51.5 Å². The highest BCUT2D eigenvalue weighted by Crippen LogP contribution is 2.26. The summed E-state index contributed by atoms with van der Waals surface area (Å²) in [6.07, 6.45) is 4.20. The van der Waals surface area contributed by atoms with Gasteiger partial charge in [0.05, 0.1) is 6.54 Å². The molecule has 0 saturated heterocycles. The topological polar surface area (TPSA) is 15.3 Å². The maximum Gasteiger partial charge on any atom is 0.251 e. The van der Waals surface area contributed by atoms with Gasteiger partial charge in [-0.15, -0.1) is 0 Å². The maximum absolute atomic E-state index is 12.3. The number of hydrogen-bond acceptors (Lipinski definition) is 2. The van der Waals surface area contributed by atoms with Crippen molar-refractivity contribution in [2.24, 2.45) is 5.92 Å². The Kier molecular flexibility index (Phi) is 6.97. The van der Waals surface area contributed by atoms with E-state index in [1.165, 1.54) is 32.1 Å². The fourth-order valence-corrected chi connectivity index (χ4v) is 2.82. The summed E-state index contributed by atoms with van der Waals surface area (Å²) in [5.74, 6) is 0.670. The van der Waals surface area contributed by atoms with Crippen molar-refractivity contribution in [1.29, 1.82) is 0 Å². The number of nitrogens with one attached hydrogen (secondary N) is 1. The van der Waals surface area contributed by atoms with Crippen LogP contribution in [0.15, 0.2) is 0 Å². The molecule has 1 rings (SSSR count). The van der Waals surface area contributed by atoms with Crippen molar-refractivity contribution in [2.75, 3.05) is 26.7 Å². The van der Waals surface area contributed by atoms with Crippen molar-refractivity contribution >= 4 is 0 Å². The predicted octanol–water partition coefficient (Wildman–Crippen LogP) is 2.74. The van der Waals surface area contributed by atoms with Gasteiger partial charge in [0, 0.05) is 12.6 Å². The van der Waals surface area contributed by atoms with Crippen molar-refractivity contribution in [3.63, 3.8) is 0 Å². The molecule has 0 amide bonds. The molecule has 1 fully saturated rings. The van der Waals surface area contributed by atoms with Crippen LogP contribution in [0.4, 0.5) is 8.78 Å². The third-order valence-electron chi connectivity index (χ3n) is 3.64. The summed E-state index contributed by atoms with van der Waals surface area (Å²) >= 11 is 0. The molecule has 1 aliphatic carbocycles. The fourth-order valence-electron chi connectivity index (χ4n) is 2.82. The molecule has 1 saturated carbocycles. The molecule has 0 spiro atoms. The molecule has 0 radical (unpaired) electrons. The molecule has 0 aromatic heterocycles. The standard InChI is InChI=1S/C13H26F2N2/c1-3-16-12(9-17(2)10-13(14)15)11-7-5-4-6-8-11/h11-13,16H,3-10H2,1-2H3. The number of halogens is 2. The zero-order chi connectivity index (χ0) is 12.7. The van der Waals surface area contributed by atoms with Gasteiger partial charge in [0.25, 0.3) is 6.43 Å². The molecule has 102 valence electrons. The van der Waals surface area contributed by atoms with Crippen LogP contribution >= 0.6 is 0 Å². The zero-order valence-corrected chi connectivity index (χ0v) is 11.1. The molecule has 0 aliphatic heterocycles. The zero-order valence-electron chi connectivity index (χ0n) is 11.1. The average molecular weight is 248 g/mol. The van der Waals surface area contributed by atoms with Crippen LogP contribution in [0, 0.1) is 5.92 Å². The monoisotopic (exact) mass is 248 g/mol. The van der Waals surface area contributed by atoms with E-state index in [4.69, 9.17) is 0 Å². The molecule has 1 aliphatic rings. The lowest BCUT2D eigenvalue weighted by Gasteiger charge is -2.33. The first-order valence-corrected chi connectivity index (χ1v) is 6.83. The molecule has 17 heavy (non-hydrogen) atoms. The molecular formula is C13H26F2N2. The minimum atomic E-state index is -2.23. The van der Waals surface area contributed by atoms with Gasteiger partial charge in [-0.2, -0.15) is 0 Å². The number of hydrogen-bond donors (Lipinski definition) is 1. The third kappa shape index (κ3) is 5.77. The first-order chi connectivity index (χ1) is 8.13. The second-order valence-electron chi connectivity index (χ2n) is 5.17. The lowest BCUT2D eigenvalue weighted by molar-refractivity contribution is 0.0892. The molecule has 4 heteroatoms. The molecule has 2 nitrogen and oxygen atoms in total. The van der Waals surface area contributed by atoms with Crippen LogP contribution in [0.1, 0.15) is 39.0 Å². The summed E-state index contributed by atoms with van der Waals surface area (Å²) in [4.78, 5) is 1.76. The molecule has 1 unspecified atom stereocenters. The fraction of sp³-hybridized carbons (Fsp3) is 1.00. The Labute approximate surface area is 104 Å². The largest absolute Gasteiger partial charge is 0.313 e. The quantitative estimate of drug-likeness (QED) is 0.745. The van der Waals surface area contributed by atoms with Crippen LogP contribution in [0.3, 0.4) is 0 Å². The van der Waals surface area contributed by atoms with E-state index in [0.717, 1.165) is 13.1 Å². The van der Waals surface area contributed by atoms with Gasteiger partial charge < -0.3 is 5.32 Å². The number of likely N-dealkylation sites (N-methyl/N-ethyl adjacent to an activating group) is 2. The van der Waals surface area contributed by atoms with Crippen molar-refractivity contribution in [3.8, 4) is 0 Å². The van der Waals surface area contributed by atoms with E-state index in [1.807, 2.05) is 0 Å². The van der Waals surface area contributed by atoms with Crippen LogP contribution in [0.2, 0.25) is 0 Å². The van der Waals surface area contributed by atoms with Crippen molar-refractivity contribution in [1.82, 2.24) is 10.2 Å². The molecule has 0 aromatic rings. The van der Waals surface area contributed by atoms with Gasteiger partial charge in [0.1, 0.15) is 0 Å². The maximum atomic E-state index is 12.3. The minimum Gasteiger partial charge on any atom is -0.313 e. The van der Waals surface area contributed by atoms with Gasteiger partial charge in [-0.05, 0) is 32.4 Å². The van der Waals surface area contributed by atoms with Crippen LogP contribution in [-0.2, 0) is 0 Å². The SMILES string of the molecule is CCNC(CN(C)CC(F)F)C1CCCCC1. The van der Waals surface area contributed by atoms with E-state index in [1.54, 1.807) is 11.9 Å². The lowest BCUT2D eigenvalue weighted by Crippen LogP contribution is -2.46. The summed E-state index contributed by atoms with van der Waals surface area (Å²) in [7, 11) is 1.79. The Morgan fingerprint density at radius 1 is 1.18 bits per heavy atom.